The molecule has 3 aromatic carbocycles. The maximum atomic E-state index is 12.9. The molecule has 0 unspecified atom stereocenters. The average molecular weight is 459 g/mol. The van der Waals surface area contributed by atoms with Crippen molar-refractivity contribution < 1.29 is 24.0 Å². The molecule has 1 fully saturated rings. The van der Waals surface area contributed by atoms with Crippen molar-refractivity contribution in [3.05, 3.63) is 99.6 Å². The number of carbonyl (C=O) groups is 2. The zero-order valence-electron chi connectivity index (χ0n) is 18.3. The highest BCUT2D eigenvalue weighted by atomic mass is 16.6. The first-order chi connectivity index (χ1) is 16.4. The van der Waals surface area contributed by atoms with Gasteiger partial charge in [-0.1, -0.05) is 30.3 Å². The topological polar surface area (TPSA) is 111 Å². The number of hydrogen-bond donors (Lipinski definition) is 1. The van der Waals surface area contributed by atoms with Crippen molar-refractivity contribution in [1.29, 1.82) is 0 Å². The maximum Gasteiger partial charge on any atom is 0.282 e. The van der Waals surface area contributed by atoms with Crippen molar-refractivity contribution >= 4 is 29.3 Å². The van der Waals surface area contributed by atoms with Gasteiger partial charge in [0, 0.05) is 17.7 Å². The summed E-state index contributed by atoms with van der Waals surface area (Å²) < 4.78 is 11.4. The minimum absolute atomic E-state index is 0.151. The lowest BCUT2D eigenvalue weighted by Gasteiger charge is -2.14. The van der Waals surface area contributed by atoms with E-state index in [1.807, 2.05) is 31.2 Å². The van der Waals surface area contributed by atoms with Gasteiger partial charge in [0.25, 0.3) is 17.5 Å². The summed E-state index contributed by atoms with van der Waals surface area (Å²) in [5.74, 6) is -0.209. The molecule has 0 aliphatic carbocycles. The van der Waals surface area contributed by atoms with Crippen LogP contribution in [0.1, 0.15) is 11.1 Å². The van der Waals surface area contributed by atoms with Crippen LogP contribution in [-0.2, 0) is 9.59 Å². The Hall–Kier alpha value is -4.66. The molecule has 1 aliphatic rings. The standard InChI is InChI=1S/C25H21N3O6/c1-17-6-5-9-21(14-17)33-12-13-34-23-11-10-20(28(31)32)15-18(23)16-22-24(29)26-27(25(22)30)19-7-3-2-4-8-19/h2-11,14-16H,12-13H2,1H3,(H,26,29)/b22-16+. The molecular weight excluding hydrogens is 438 g/mol. The number of hydrazine groups is 1. The second-order valence-corrected chi connectivity index (χ2v) is 7.47. The average Bonchev–Trinajstić information content (AvgIpc) is 3.11. The van der Waals surface area contributed by atoms with Crippen LogP contribution in [0.15, 0.2) is 78.4 Å². The molecule has 34 heavy (non-hydrogen) atoms. The Bertz CT molecular complexity index is 1270. The number of aryl methyl sites for hydroxylation is 1. The number of ether oxygens (including phenoxy) is 2. The zero-order valence-corrected chi connectivity index (χ0v) is 18.3. The summed E-state index contributed by atoms with van der Waals surface area (Å²) in [5.41, 5.74) is 3.94. The van der Waals surface area contributed by atoms with Gasteiger partial charge in [-0.25, -0.2) is 5.01 Å². The van der Waals surface area contributed by atoms with Crippen molar-refractivity contribution in [1.82, 2.24) is 5.43 Å². The minimum Gasteiger partial charge on any atom is -0.490 e. The van der Waals surface area contributed by atoms with E-state index in [9.17, 15) is 19.7 Å². The number of rotatable bonds is 8. The van der Waals surface area contributed by atoms with Gasteiger partial charge >= 0.3 is 0 Å². The molecule has 1 aliphatic heterocycles. The first-order valence-corrected chi connectivity index (χ1v) is 10.5. The summed E-state index contributed by atoms with van der Waals surface area (Å²) in [4.78, 5) is 36.1. The highest BCUT2D eigenvalue weighted by molar-refractivity contribution is 6.31. The second kappa shape index (κ2) is 9.86. The van der Waals surface area contributed by atoms with E-state index in [2.05, 4.69) is 5.43 Å². The predicted molar refractivity (Wildman–Crippen MR) is 125 cm³/mol. The molecule has 0 spiro atoms. The molecule has 9 heteroatoms. The van der Waals surface area contributed by atoms with Crippen LogP contribution in [0.5, 0.6) is 11.5 Å². The Labute approximate surface area is 195 Å². The largest absolute Gasteiger partial charge is 0.490 e. The number of nitro benzene ring substituents is 1. The van der Waals surface area contributed by atoms with Gasteiger partial charge in [0.2, 0.25) is 0 Å². The molecule has 0 bridgehead atoms. The number of anilines is 1. The monoisotopic (exact) mass is 459 g/mol. The van der Waals surface area contributed by atoms with Gasteiger partial charge in [-0.15, -0.1) is 0 Å². The van der Waals surface area contributed by atoms with Gasteiger partial charge in [0.15, 0.2) is 0 Å². The lowest BCUT2D eigenvalue weighted by Crippen LogP contribution is -2.35. The van der Waals surface area contributed by atoms with Crippen molar-refractivity contribution in [2.24, 2.45) is 0 Å². The summed E-state index contributed by atoms with van der Waals surface area (Å²) in [6, 6.07) is 20.2. The van der Waals surface area contributed by atoms with Gasteiger partial charge in [0.1, 0.15) is 30.3 Å². The molecule has 1 heterocycles. The number of para-hydroxylation sites is 1. The molecule has 3 aromatic rings. The molecule has 2 amide bonds. The molecule has 0 radical (unpaired) electrons. The number of amides is 2. The smallest absolute Gasteiger partial charge is 0.282 e. The first kappa shape index (κ1) is 22.5. The maximum absolute atomic E-state index is 12.9. The quantitative estimate of drug-likeness (QED) is 0.180. The first-order valence-electron chi connectivity index (χ1n) is 10.5. The van der Waals surface area contributed by atoms with Crippen LogP contribution in [0.4, 0.5) is 11.4 Å². The van der Waals surface area contributed by atoms with Crippen LogP contribution in [0.3, 0.4) is 0 Å². The number of carbonyl (C=O) groups excluding carboxylic acids is 2. The van der Waals surface area contributed by atoms with Gasteiger partial charge in [-0.05, 0) is 48.9 Å². The SMILES string of the molecule is Cc1cccc(OCCOc2ccc([N+](=O)[O-])cc2/C=C2\C(=O)NN(c3ccccc3)C2=O)c1. The summed E-state index contributed by atoms with van der Waals surface area (Å²) in [6.45, 7) is 2.34. The van der Waals surface area contributed by atoms with E-state index in [4.69, 9.17) is 9.47 Å². The number of nitrogens with zero attached hydrogens (tertiary/aromatic N) is 2. The van der Waals surface area contributed by atoms with Gasteiger partial charge < -0.3 is 9.47 Å². The van der Waals surface area contributed by atoms with E-state index >= 15 is 0 Å². The molecule has 0 aromatic heterocycles. The third-order valence-corrected chi connectivity index (χ3v) is 5.01. The van der Waals surface area contributed by atoms with Crippen molar-refractivity contribution in [2.45, 2.75) is 6.92 Å². The van der Waals surface area contributed by atoms with Crippen LogP contribution < -0.4 is 19.9 Å². The Kier molecular flexibility index (Phi) is 6.54. The van der Waals surface area contributed by atoms with Crippen LogP contribution in [-0.4, -0.2) is 30.0 Å². The van der Waals surface area contributed by atoms with Gasteiger partial charge in [-0.3, -0.25) is 25.1 Å². The van der Waals surface area contributed by atoms with Crippen LogP contribution >= 0.6 is 0 Å². The molecule has 0 atom stereocenters. The lowest BCUT2D eigenvalue weighted by molar-refractivity contribution is -0.384. The fourth-order valence-electron chi connectivity index (χ4n) is 3.38. The summed E-state index contributed by atoms with van der Waals surface area (Å²) in [5, 5.41) is 12.4. The number of benzene rings is 3. The van der Waals surface area contributed by atoms with E-state index in [1.165, 1.54) is 24.3 Å². The summed E-state index contributed by atoms with van der Waals surface area (Å²) in [7, 11) is 0. The Morgan fingerprint density at radius 1 is 0.971 bits per heavy atom. The minimum atomic E-state index is -0.617. The predicted octanol–water partition coefficient (Wildman–Crippen LogP) is 3.82. The van der Waals surface area contributed by atoms with Crippen LogP contribution in [0.25, 0.3) is 6.08 Å². The van der Waals surface area contributed by atoms with E-state index in [-0.39, 0.29) is 35.8 Å². The van der Waals surface area contributed by atoms with E-state index in [0.29, 0.717) is 11.4 Å². The Morgan fingerprint density at radius 3 is 2.47 bits per heavy atom. The lowest BCUT2D eigenvalue weighted by atomic mass is 10.1. The van der Waals surface area contributed by atoms with Crippen molar-refractivity contribution in [3.8, 4) is 11.5 Å². The summed E-state index contributed by atoms with van der Waals surface area (Å²) >= 11 is 0. The van der Waals surface area contributed by atoms with Crippen molar-refractivity contribution in [3.63, 3.8) is 0 Å². The molecule has 9 nitrogen and oxygen atoms in total. The van der Waals surface area contributed by atoms with E-state index in [0.717, 1.165) is 10.6 Å². The fourth-order valence-corrected chi connectivity index (χ4v) is 3.38. The zero-order chi connectivity index (χ0) is 24.1. The Morgan fingerprint density at radius 2 is 1.74 bits per heavy atom. The van der Waals surface area contributed by atoms with E-state index < -0.39 is 16.7 Å². The summed E-state index contributed by atoms with van der Waals surface area (Å²) in [6.07, 6.45) is 1.30. The molecule has 1 saturated heterocycles. The third kappa shape index (κ3) is 5.04. The molecule has 1 N–H and O–H groups in total. The normalized spacial score (nSPS) is 14.3. The van der Waals surface area contributed by atoms with Crippen LogP contribution in [0.2, 0.25) is 0 Å². The fraction of sp³-hybridized carbons (Fsp3) is 0.120. The van der Waals surface area contributed by atoms with Crippen molar-refractivity contribution in [2.75, 3.05) is 18.2 Å². The number of non-ortho nitro benzene ring substituents is 1. The molecular formula is C25H21N3O6. The molecule has 172 valence electrons. The highest BCUT2D eigenvalue weighted by Crippen LogP contribution is 2.29. The third-order valence-electron chi connectivity index (χ3n) is 5.01. The number of nitro groups is 1. The molecule has 4 rings (SSSR count). The Balaban J connectivity index is 1.54. The van der Waals surface area contributed by atoms with Crippen LogP contribution in [0, 0.1) is 17.0 Å². The number of hydrogen-bond acceptors (Lipinski definition) is 6. The van der Waals surface area contributed by atoms with Gasteiger partial charge in [0.05, 0.1) is 10.6 Å². The van der Waals surface area contributed by atoms with Gasteiger partial charge in [-0.2, -0.15) is 0 Å². The highest BCUT2D eigenvalue weighted by Gasteiger charge is 2.34. The van der Waals surface area contributed by atoms with E-state index in [1.54, 1.807) is 30.3 Å². The second-order valence-electron chi connectivity index (χ2n) is 7.47. The molecule has 0 saturated carbocycles. The number of nitrogens with one attached hydrogen (secondary N) is 1.